The number of nitrogens with zero attached hydrogens (tertiary/aromatic N) is 1. The minimum atomic E-state index is 0.285. The van der Waals surface area contributed by atoms with E-state index in [-0.39, 0.29) is 5.84 Å². The predicted molar refractivity (Wildman–Crippen MR) is 62.5 cm³/mol. The lowest BCUT2D eigenvalue weighted by Gasteiger charge is -2.07. The molecular weight excluding hydrogens is 186 g/mol. The topological polar surface area (TPSA) is 62.2 Å². The van der Waals surface area contributed by atoms with E-state index in [1.54, 1.807) is 0 Å². The van der Waals surface area contributed by atoms with E-state index < -0.39 is 0 Å². The van der Waals surface area contributed by atoms with Gasteiger partial charge in [0.25, 0.3) is 0 Å². The maximum Gasteiger partial charge on any atom is 0.154 e. The lowest BCUT2D eigenvalue weighted by molar-refractivity contribution is 0.647. The van der Waals surface area contributed by atoms with E-state index in [1.807, 2.05) is 12.1 Å². The summed E-state index contributed by atoms with van der Waals surface area (Å²) in [4.78, 5) is 3.95. The van der Waals surface area contributed by atoms with E-state index in [0.717, 1.165) is 17.5 Å². The quantitative estimate of drug-likeness (QED) is 0.754. The molecule has 78 valence electrons. The molecule has 0 fully saturated rings. The molecule has 1 aromatic carbocycles. The summed E-state index contributed by atoms with van der Waals surface area (Å²) in [6.45, 7) is 4.37. The first-order valence-electron chi connectivity index (χ1n) is 5.14. The van der Waals surface area contributed by atoms with E-state index in [9.17, 15) is 0 Å². The van der Waals surface area contributed by atoms with Gasteiger partial charge in [0.1, 0.15) is 5.84 Å². The van der Waals surface area contributed by atoms with Crippen LogP contribution in [0.15, 0.2) is 23.2 Å². The number of aliphatic imine (C=N–C) groups is 1. The highest BCUT2D eigenvalue weighted by atomic mass is 14.9. The molecule has 15 heavy (non-hydrogen) atoms. The molecule has 0 spiro atoms. The van der Waals surface area contributed by atoms with E-state index in [2.05, 4.69) is 24.9 Å². The van der Waals surface area contributed by atoms with E-state index in [1.165, 1.54) is 5.56 Å². The zero-order chi connectivity index (χ0) is 11.0. The van der Waals surface area contributed by atoms with Crippen molar-refractivity contribution in [2.45, 2.75) is 20.3 Å². The van der Waals surface area contributed by atoms with E-state index in [0.29, 0.717) is 11.8 Å². The van der Waals surface area contributed by atoms with Crippen molar-refractivity contribution >= 4 is 11.7 Å². The number of nitrogens with one attached hydrogen (secondary N) is 1. The Kier molecular flexibility index (Phi) is 2.31. The van der Waals surface area contributed by atoms with Gasteiger partial charge in [0, 0.05) is 11.1 Å². The van der Waals surface area contributed by atoms with Crippen LogP contribution in [0.4, 0.5) is 0 Å². The second-order valence-corrected chi connectivity index (χ2v) is 4.32. The smallest absolute Gasteiger partial charge is 0.154 e. The summed E-state index contributed by atoms with van der Waals surface area (Å²) in [6, 6.07) is 6.06. The van der Waals surface area contributed by atoms with Crippen LogP contribution >= 0.6 is 0 Å². The minimum absolute atomic E-state index is 0.285. The summed E-state index contributed by atoms with van der Waals surface area (Å²) in [5, 5.41) is 7.67. The Balaban J connectivity index is 2.38. The number of hydrogen-bond acceptors (Lipinski definition) is 2. The third-order valence-electron chi connectivity index (χ3n) is 2.49. The summed E-state index contributed by atoms with van der Waals surface area (Å²) < 4.78 is 0. The first kappa shape index (κ1) is 9.90. The number of amidine groups is 2. The van der Waals surface area contributed by atoms with Crippen molar-refractivity contribution in [1.29, 1.82) is 5.41 Å². The number of hydrogen-bond donors (Lipinski definition) is 2. The fraction of sp³-hybridized carbons (Fsp3) is 0.333. The molecule has 0 aliphatic carbocycles. The molecule has 1 aliphatic rings. The molecule has 0 bridgehead atoms. The van der Waals surface area contributed by atoms with Gasteiger partial charge >= 0.3 is 0 Å². The highest BCUT2D eigenvalue weighted by molar-refractivity contribution is 6.20. The number of rotatable bonds is 2. The summed E-state index contributed by atoms with van der Waals surface area (Å²) in [5.41, 5.74) is 8.71. The molecule has 0 saturated carbocycles. The molecule has 1 heterocycles. The monoisotopic (exact) mass is 201 g/mol. The van der Waals surface area contributed by atoms with Crippen LogP contribution in [0.1, 0.15) is 30.5 Å². The number of fused-ring (bicyclic) bond motifs is 1. The van der Waals surface area contributed by atoms with Crippen LogP contribution in [0, 0.1) is 11.3 Å². The molecule has 0 amide bonds. The van der Waals surface area contributed by atoms with Gasteiger partial charge in [-0.1, -0.05) is 26.0 Å². The van der Waals surface area contributed by atoms with Crippen LogP contribution in [-0.2, 0) is 6.42 Å². The van der Waals surface area contributed by atoms with E-state index >= 15 is 0 Å². The first-order valence-corrected chi connectivity index (χ1v) is 5.14. The largest absolute Gasteiger partial charge is 0.383 e. The Morgan fingerprint density at radius 3 is 2.73 bits per heavy atom. The van der Waals surface area contributed by atoms with Crippen LogP contribution in [0.2, 0.25) is 0 Å². The average molecular weight is 201 g/mol. The average Bonchev–Trinajstić information content (AvgIpc) is 2.41. The number of benzene rings is 1. The van der Waals surface area contributed by atoms with Crippen molar-refractivity contribution in [3.63, 3.8) is 0 Å². The summed E-state index contributed by atoms with van der Waals surface area (Å²) >= 11 is 0. The standard InChI is InChI=1S/C12H15N3/c1-7(2)5-8-3-4-9-10(6-8)12(14)15-11(9)13/h3-4,6-7H,5H2,1-2H3,(H3,13,14,15). The van der Waals surface area contributed by atoms with Gasteiger partial charge in [-0.3, -0.25) is 5.41 Å². The van der Waals surface area contributed by atoms with Crippen LogP contribution in [0.3, 0.4) is 0 Å². The van der Waals surface area contributed by atoms with Crippen LogP contribution < -0.4 is 5.73 Å². The van der Waals surface area contributed by atoms with Gasteiger partial charge in [0.05, 0.1) is 0 Å². The van der Waals surface area contributed by atoms with Gasteiger partial charge < -0.3 is 5.73 Å². The maximum absolute atomic E-state index is 7.67. The molecule has 0 unspecified atom stereocenters. The third-order valence-corrected chi connectivity index (χ3v) is 2.49. The zero-order valence-corrected chi connectivity index (χ0v) is 9.04. The molecule has 3 heteroatoms. The lowest BCUT2D eigenvalue weighted by Crippen LogP contribution is -2.10. The molecule has 0 radical (unpaired) electrons. The highest BCUT2D eigenvalue weighted by Crippen LogP contribution is 2.20. The summed E-state index contributed by atoms with van der Waals surface area (Å²) in [7, 11) is 0. The molecule has 3 N–H and O–H groups in total. The van der Waals surface area contributed by atoms with Crippen molar-refractivity contribution in [2.75, 3.05) is 0 Å². The van der Waals surface area contributed by atoms with Crippen molar-refractivity contribution in [2.24, 2.45) is 16.6 Å². The minimum Gasteiger partial charge on any atom is -0.383 e. The molecule has 0 saturated heterocycles. The van der Waals surface area contributed by atoms with Crippen molar-refractivity contribution in [3.05, 3.63) is 34.9 Å². The second kappa shape index (κ2) is 3.50. The maximum atomic E-state index is 7.67. The van der Waals surface area contributed by atoms with Gasteiger partial charge in [-0.15, -0.1) is 0 Å². The Bertz CT molecular complexity index is 444. The molecule has 1 aliphatic heterocycles. The van der Waals surface area contributed by atoms with Crippen LogP contribution in [-0.4, -0.2) is 11.7 Å². The SMILES string of the molecule is CC(C)Cc1ccc2c(c1)C(=N)N=C2N. The lowest BCUT2D eigenvalue weighted by atomic mass is 9.98. The van der Waals surface area contributed by atoms with Crippen molar-refractivity contribution in [1.82, 2.24) is 0 Å². The molecule has 2 rings (SSSR count). The first-order chi connectivity index (χ1) is 7.08. The molecule has 0 aromatic heterocycles. The van der Waals surface area contributed by atoms with Crippen LogP contribution in [0.5, 0.6) is 0 Å². The van der Waals surface area contributed by atoms with Gasteiger partial charge in [-0.25, -0.2) is 4.99 Å². The van der Waals surface area contributed by atoms with Gasteiger partial charge in [0.2, 0.25) is 0 Å². The van der Waals surface area contributed by atoms with Gasteiger partial charge in [-0.2, -0.15) is 0 Å². The van der Waals surface area contributed by atoms with Crippen molar-refractivity contribution < 1.29 is 0 Å². The predicted octanol–water partition coefficient (Wildman–Crippen LogP) is 1.93. The normalized spacial score (nSPS) is 14.3. The van der Waals surface area contributed by atoms with Gasteiger partial charge in [0.15, 0.2) is 5.84 Å². The van der Waals surface area contributed by atoms with Crippen molar-refractivity contribution in [3.8, 4) is 0 Å². The zero-order valence-electron chi connectivity index (χ0n) is 9.04. The Morgan fingerprint density at radius 1 is 1.33 bits per heavy atom. The summed E-state index contributed by atoms with van der Waals surface area (Å²) in [6.07, 6.45) is 1.03. The number of nitrogens with two attached hydrogens (primary N) is 1. The fourth-order valence-corrected chi connectivity index (χ4v) is 1.85. The van der Waals surface area contributed by atoms with Crippen LogP contribution in [0.25, 0.3) is 0 Å². The molecular formula is C12H15N3. The Labute approximate surface area is 89.5 Å². The Morgan fingerprint density at radius 2 is 2.07 bits per heavy atom. The molecule has 1 aromatic rings. The van der Waals surface area contributed by atoms with Gasteiger partial charge in [-0.05, 0) is 24.0 Å². The fourth-order valence-electron chi connectivity index (χ4n) is 1.85. The van der Waals surface area contributed by atoms with E-state index in [4.69, 9.17) is 11.1 Å². The highest BCUT2D eigenvalue weighted by Gasteiger charge is 2.18. The Hall–Kier alpha value is -1.64. The second-order valence-electron chi connectivity index (χ2n) is 4.32. The third kappa shape index (κ3) is 1.77. The summed E-state index contributed by atoms with van der Waals surface area (Å²) in [5.74, 6) is 1.37. The molecule has 3 nitrogen and oxygen atoms in total. The molecule has 0 atom stereocenters.